The second-order valence-electron chi connectivity index (χ2n) is 32.7. The molecule has 0 aliphatic carbocycles. The first-order valence-corrected chi connectivity index (χ1v) is 40.7. The van der Waals surface area contributed by atoms with Crippen LogP contribution in [0.2, 0.25) is 0 Å². The van der Waals surface area contributed by atoms with E-state index in [1.165, 1.54) is 21.7 Å². The zero-order valence-corrected chi connectivity index (χ0v) is 65.0. The van der Waals surface area contributed by atoms with Crippen LogP contribution in [-0.4, -0.2) is 15.7 Å². The van der Waals surface area contributed by atoms with Gasteiger partial charge in [0.25, 0.3) is 6.71 Å². The first kappa shape index (κ1) is 59.5. The van der Waals surface area contributed by atoms with Crippen molar-refractivity contribution >= 4 is 161 Å². The lowest BCUT2D eigenvalue weighted by Gasteiger charge is -2.46. The number of hydrogen-bond donors (Lipinski definition) is 0. The molecule has 0 bridgehead atoms. The van der Waals surface area contributed by atoms with Crippen LogP contribution in [0.1, 0.15) is 37.3 Å². The number of nitrogens with zero attached hydrogens (tertiary/aromatic N) is 4. The first-order valence-electron chi connectivity index (χ1n) is 44.7. The summed E-state index contributed by atoms with van der Waals surface area (Å²) in [5.41, 5.74) is 29.0. The Bertz CT molecular complexity index is 8620. The van der Waals surface area contributed by atoms with Crippen molar-refractivity contribution in [1.29, 1.82) is 0 Å². The summed E-state index contributed by atoms with van der Waals surface area (Å²) in [5.74, 6) is 0. The molecule has 6 nitrogen and oxygen atoms in total. The Hall–Kier alpha value is -15.2. The van der Waals surface area contributed by atoms with Crippen molar-refractivity contribution in [3.63, 3.8) is 0 Å². The molecule has 0 spiro atoms. The largest absolute Gasteiger partial charge is 0.456 e. The molecule has 7 heteroatoms. The molecule has 0 fully saturated rings. The van der Waals surface area contributed by atoms with Crippen molar-refractivity contribution in [1.82, 2.24) is 8.97 Å². The molecule has 0 N–H and O–H groups in total. The maximum Gasteiger partial charge on any atom is 0.252 e. The van der Waals surface area contributed by atoms with E-state index >= 15 is 0 Å². The normalized spacial score (nSPS) is 13.7. The Balaban J connectivity index is 0.872. The molecule has 18 aromatic carbocycles. The minimum atomic E-state index is -0.592. The molecule has 0 saturated heterocycles. The highest BCUT2D eigenvalue weighted by atomic mass is 16.3. The van der Waals surface area contributed by atoms with Gasteiger partial charge in [-0.2, -0.15) is 0 Å². The van der Waals surface area contributed by atoms with Crippen LogP contribution in [0.25, 0.3) is 187 Å². The Labute approximate surface area is 698 Å². The molecular weight excluding hydrogens is 1440 g/mol. The van der Waals surface area contributed by atoms with E-state index in [-0.39, 0.29) is 21.8 Å². The number of anilines is 6. The second-order valence-corrected chi connectivity index (χ2v) is 32.7. The summed E-state index contributed by atoms with van der Waals surface area (Å²) < 4.78 is 95.0. The predicted octanol–water partition coefficient (Wildman–Crippen LogP) is 28.8. The Morgan fingerprint density at radius 1 is 0.286 bits per heavy atom. The zero-order chi connectivity index (χ0) is 85.4. The quantitative estimate of drug-likeness (QED) is 0.128. The van der Waals surface area contributed by atoms with Gasteiger partial charge in [0.15, 0.2) is 0 Å². The monoisotopic (exact) mass is 1520 g/mol. The molecule has 2 aliphatic rings. The molecule has 0 atom stereocenters. The molecule has 0 amide bonds. The van der Waals surface area contributed by atoms with Crippen molar-refractivity contribution in [2.45, 2.75) is 26.2 Å². The van der Waals surface area contributed by atoms with Crippen molar-refractivity contribution in [2.75, 3.05) is 9.80 Å². The van der Waals surface area contributed by atoms with E-state index in [1.807, 2.05) is 36.4 Å². The van der Waals surface area contributed by atoms with Crippen LogP contribution < -0.4 is 26.2 Å². The predicted molar refractivity (Wildman–Crippen MR) is 501 cm³/mol. The fourth-order valence-corrected chi connectivity index (χ4v) is 19.9. The van der Waals surface area contributed by atoms with Gasteiger partial charge in [-0.25, -0.2) is 0 Å². The van der Waals surface area contributed by atoms with Crippen LogP contribution in [0, 0.1) is 0 Å². The Morgan fingerprint density at radius 2 is 0.714 bits per heavy atom. The number of rotatable bonds is 10. The van der Waals surface area contributed by atoms with E-state index in [0.717, 1.165) is 183 Å². The van der Waals surface area contributed by atoms with Crippen molar-refractivity contribution in [3.05, 3.63) is 394 Å². The van der Waals surface area contributed by atoms with Gasteiger partial charge in [-0.05, 0) is 192 Å². The van der Waals surface area contributed by atoms with E-state index in [2.05, 4.69) is 338 Å². The molecule has 7 heterocycles. The standard InChI is InChI=1S/C112H73BN4O2/c1-112(2,3)76-65-100-108-101(66-76)117(111-88(71-35-14-7-15-36-71)61-75(69-31-10-5-11-32-69)63-91(111)82-43-28-52-105-107(82)86-41-20-25-50-103(86)119-105)99-67-77(114-94-46-21-16-37-78(94)79-38-17-22-47-95(79)114)55-57-93(99)113(108)92-56-53-73(72-54-58-97-89(59-72)84-45-26-44-83-80-39-18-23-48-96(80)115(97)109(83)84)64-98(92)116(100)110-87(70-33-12-6-13-34-70)60-74(68-29-8-4-9-30-68)62-90(110)81-42-27-51-104-106(81)85-40-19-24-49-102(85)118-104/h4-67H,1-3H3/i16D,17D,21D,22D,37D,38D,46D,47D. The highest BCUT2D eigenvalue weighted by molar-refractivity contribution is 7.00. The van der Waals surface area contributed by atoms with Gasteiger partial charge in [-0.3, -0.25) is 0 Å². The van der Waals surface area contributed by atoms with Crippen LogP contribution >= 0.6 is 0 Å². The van der Waals surface area contributed by atoms with Crippen molar-refractivity contribution in [3.8, 4) is 83.6 Å². The van der Waals surface area contributed by atoms with Gasteiger partial charge in [0.2, 0.25) is 0 Å². The van der Waals surface area contributed by atoms with Gasteiger partial charge < -0.3 is 27.6 Å². The highest BCUT2D eigenvalue weighted by Gasteiger charge is 2.47. The summed E-state index contributed by atoms with van der Waals surface area (Å²) in [5, 5.41) is 8.54. The molecule has 0 saturated carbocycles. The molecule has 23 aromatic rings. The number of aromatic nitrogens is 2. The average molecular weight is 1530 g/mol. The summed E-state index contributed by atoms with van der Waals surface area (Å²) in [6, 6.07) is 118. The van der Waals surface area contributed by atoms with E-state index in [9.17, 15) is 11.0 Å². The number of para-hydroxylation sites is 6. The van der Waals surface area contributed by atoms with E-state index < -0.39 is 60.5 Å². The van der Waals surface area contributed by atoms with Crippen LogP contribution in [0.15, 0.2) is 397 Å². The van der Waals surface area contributed by atoms with Gasteiger partial charge in [-0.15, -0.1) is 0 Å². The fraction of sp³-hybridized carbons (Fsp3) is 0.0357. The maximum absolute atomic E-state index is 10.0. The second kappa shape index (κ2) is 25.7. The maximum atomic E-state index is 10.0. The third-order valence-corrected chi connectivity index (χ3v) is 25.2. The number of furan rings is 2. The average Bonchev–Trinajstić information content (AvgIpc) is 1.21. The van der Waals surface area contributed by atoms with Crippen molar-refractivity contribution < 1.29 is 19.8 Å². The summed E-state index contributed by atoms with van der Waals surface area (Å²) in [6.45, 7) is 6.28. The van der Waals surface area contributed by atoms with Gasteiger partial charge >= 0.3 is 0 Å². The van der Waals surface area contributed by atoms with Gasteiger partial charge in [0, 0.05) is 105 Å². The lowest BCUT2D eigenvalue weighted by molar-refractivity contribution is 0.590. The molecule has 25 rings (SSSR count). The topological polar surface area (TPSA) is 42.1 Å². The van der Waals surface area contributed by atoms with Gasteiger partial charge in [0.05, 0.1) is 49.9 Å². The Morgan fingerprint density at radius 3 is 1.27 bits per heavy atom. The molecule has 2 aliphatic heterocycles. The van der Waals surface area contributed by atoms with E-state index in [0.29, 0.717) is 17.0 Å². The number of fused-ring (bicyclic) bond motifs is 19. The Kier molecular flexibility index (Phi) is 12.8. The SMILES string of the molecule is [2H]c1c([2H])c([2H])c2c(c1[2H])c1c([2H])c([2H])c([2H])c([2H])c1n2-c1ccc2c(c1)N(c1c(-c3ccccc3)cc(-c3ccccc3)cc1-c1cccc3oc4ccccc4c13)c1cc(C(C)(C)C)cc3c1B2c1ccc(-c2ccc4c(c2)c2cccc5c6ccccc6n4c52)cc1N3c1c(-c2ccccc2)cc(-c2ccccc2)cc1-c1cccc2oc3ccccc3c12. The van der Waals surface area contributed by atoms with Crippen LogP contribution in [0.4, 0.5) is 34.1 Å². The zero-order valence-electron chi connectivity index (χ0n) is 73.0. The first-order chi connectivity index (χ1) is 62.0. The lowest BCUT2D eigenvalue weighted by Crippen LogP contribution is -2.61. The minimum absolute atomic E-state index is 0.0125. The molecule has 556 valence electrons. The molecule has 5 aromatic heterocycles. The van der Waals surface area contributed by atoms with E-state index in [4.69, 9.17) is 8.83 Å². The van der Waals surface area contributed by atoms with Crippen LogP contribution in [0.3, 0.4) is 0 Å². The van der Waals surface area contributed by atoms with E-state index in [1.54, 1.807) is 4.57 Å². The third-order valence-electron chi connectivity index (χ3n) is 25.2. The molecular formula is C112H73BN4O2. The minimum Gasteiger partial charge on any atom is -0.456 e. The van der Waals surface area contributed by atoms with Gasteiger partial charge in [0.1, 0.15) is 22.3 Å². The van der Waals surface area contributed by atoms with Crippen LogP contribution in [0.5, 0.6) is 0 Å². The summed E-state index contributed by atoms with van der Waals surface area (Å²) in [6.07, 6.45) is 0. The third kappa shape index (κ3) is 10.0. The summed E-state index contributed by atoms with van der Waals surface area (Å²) in [4.78, 5) is 5.07. The number of hydrogen-bond acceptors (Lipinski definition) is 4. The summed E-state index contributed by atoms with van der Waals surface area (Å²) >= 11 is 0. The van der Waals surface area contributed by atoms with Gasteiger partial charge in [-0.1, -0.05) is 300 Å². The van der Waals surface area contributed by atoms with Crippen LogP contribution in [-0.2, 0) is 5.41 Å². The fourth-order valence-electron chi connectivity index (χ4n) is 19.9. The smallest absolute Gasteiger partial charge is 0.252 e. The molecule has 119 heavy (non-hydrogen) atoms. The molecule has 0 radical (unpaired) electrons. The summed E-state index contributed by atoms with van der Waals surface area (Å²) in [7, 11) is 0. The highest BCUT2D eigenvalue weighted by Crippen LogP contribution is 2.58. The number of benzene rings is 18. The van der Waals surface area contributed by atoms with Crippen molar-refractivity contribution in [2.24, 2.45) is 0 Å². The lowest BCUT2D eigenvalue weighted by atomic mass is 9.33. The molecule has 0 unspecified atom stereocenters.